The summed E-state index contributed by atoms with van der Waals surface area (Å²) in [6, 6.07) is 4.77. The van der Waals surface area contributed by atoms with E-state index in [1.165, 1.54) is 19.6 Å². The van der Waals surface area contributed by atoms with Crippen molar-refractivity contribution in [3.8, 4) is 5.75 Å². The van der Waals surface area contributed by atoms with Gasteiger partial charge in [-0.3, -0.25) is 4.79 Å². The number of hydrogen-bond donors (Lipinski definition) is 0. The molecule has 1 unspecified atom stereocenters. The number of benzene rings is 1. The molecule has 0 spiro atoms. The lowest BCUT2D eigenvalue weighted by atomic mass is 9.66. The van der Waals surface area contributed by atoms with Crippen LogP contribution in [0.15, 0.2) is 18.2 Å². The standard InChI is InChI=1S/C17H23FO2/c1-17(2)9-5-4-6-13(17)15(19)11-12-7-8-16(20-3)14(18)10-12/h7-8,10,13H,4-6,9,11H2,1-3H3. The molecule has 2 rings (SSSR count). The van der Waals surface area contributed by atoms with Gasteiger partial charge in [0.1, 0.15) is 5.78 Å². The second-order valence-corrected chi connectivity index (χ2v) is 6.40. The van der Waals surface area contributed by atoms with Crippen molar-refractivity contribution in [2.24, 2.45) is 11.3 Å². The van der Waals surface area contributed by atoms with Crippen LogP contribution in [0.5, 0.6) is 5.75 Å². The van der Waals surface area contributed by atoms with Crippen LogP contribution in [-0.2, 0) is 11.2 Å². The third-order valence-electron chi connectivity index (χ3n) is 4.49. The van der Waals surface area contributed by atoms with E-state index < -0.39 is 5.82 Å². The molecule has 20 heavy (non-hydrogen) atoms. The van der Waals surface area contributed by atoms with Crippen molar-refractivity contribution in [1.29, 1.82) is 0 Å². The van der Waals surface area contributed by atoms with E-state index >= 15 is 0 Å². The molecule has 110 valence electrons. The van der Waals surface area contributed by atoms with Crippen molar-refractivity contribution in [2.45, 2.75) is 46.0 Å². The minimum absolute atomic E-state index is 0.0698. The van der Waals surface area contributed by atoms with Gasteiger partial charge in [0.2, 0.25) is 0 Å². The van der Waals surface area contributed by atoms with Crippen LogP contribution < -0.4 is 4.74 Å². The quantitative estimate of drug-likeness (QED) is 0.826. The van der Waals surface area contributed by atoms with Gasteiger partial charge >= 0.3 is 0 Å². The van der Waals surface area contributed by atoms with Crippen LogP contribution in [0, 0.1) is 17.2 Å². The maximum Gasteiger partial charge on any atom is 0.165 e. The third-order valence-corrected chi connectivity index (χ3v) is 4.49. The van der Waals surface area contributed by atoms with Crippen LogP contribution in [0.4, 0.5) is 4.39 Å². The molecule has 1 atom stereocenters. The van der Waals surface area contributed by atoms with E-state index in [0.29, 0.717) is 6.42 Å². The van der Waals surface area contributed by atoms with Crippen molar-refractivity contribution < 1.29 is 13.9 Å². The van der Waals surface area contributed by atoms with Crippen molar-refractivity contribution in [3.63, 3.8) is 0 Å². The minimum atomic E-state index is -0.402. The molecule has 1 aromatic rings. The van der Waals surface area contributed by atoms with Gasteiger partial charge in [-0.1, -0.05) is 32.8 Å². The molecule has 0 aliphatic heterocycles. The Balaban J connectivity index is 2.09. The first-order chi connectivity index (χ1) is 9.44. The second kappa shape index (κ2) is 5.94. The minimum Gasteiger partial charge on any atom is -0.494 e. The molecular weight excluding hydrogens is 255 g/mol. The monoisotopic (exact) mass is 278 g/mol. The zero-order chi connectivity index (χ0) is 14.8. The molecule has 3 heteroatoms. The lowest BCUT2D eigenvalue weighted by molar-refractivity contribution is -0.127. The van der Waals surface area contributed by atoms with Gasteiger partial charge in [-0.2, -0.15) is 0 Å². The highest BCUT2D eigenvalue weighted by Crippen LogP contribution is 2.41. The van der Waals surface area contributed by atoms with Crippen LogP contribution >= 0.6 is 0 Å². The molecular formula is C17H23FO2. The smallest absolute Gasteiger partial charge is 0.165 e. The van der Waals surface area contributed by atoms with Gasteiger partial charge in [0, 0.05) is 12.3 Å². The molecule has 2 nitrogen and oxygen atoms in total. The SMILES string of the molecule is COc1ccc(CC(=O)C2CCCCC2(C)C)cc1F. The number of carbonyl (C=O) groups excluding carboxylic acids is 1. The van der Waals surface area contributed by atoms with E-state index in [0.717, 1.165) is 24.8 Å². The van der Waals surface area contributed by atoms with Gasteiger partial charge in [0.15, 0.2) is 11.6 Å². The Hall–Kier alpha value is -1.38. The van der Waals surface area contributed by atoms with E-state index in [1.807, 2.05) is 0 Å². The molecule has 0 bridgehead atoms. The Morgan fingerprint density at radius 1 is 1.40 bits per heavy atom. The topological polar surface area (TPSA) is 26.3 Å². The zero-order valence-electron chi connectivity index (χ0n) is 12.5. The van der Waals surface area contributed by atoms with Crippen molar-refractivity contribution in [2.75, 3.05) is 7.11 Å². The largest absolute Gasteiger partial charge is 0.494 e. The zero-order valence-corrected chi connectivity index (χ0v) is 12.5. The number of methoxy groups -OCH3 is 1. The number of ketones is 1. The fraction of sp³-hybridized carbons (Fsp3) is 0.588. The predicted octanol–water partition coefficient (Wildman–Crippen LogP) is 4.16. The molecule has 0 radical (unpaired) electrons. The normalized spacial score (nSPS) is 21.5. The molecule has 1 fully saturated rings. The van der Waals surface area contributed by atoms with E-state index in [-0.39, 0.29) is 22.9 Å². The Labute approximate surface area is 120 Å². The summed E-state index contributed by atoms with van der Waals surface area (Å²) < 4.78 is 18.6. The number of carbonyl (C=O) groups is 1. The number of halogens is 1. The Bertz CT molecular complexity index is 494. The van der Waals surface area contributed by atoms with E-state index in [1.54, 1.807) is 12.1 Å². The summed E-state index contributed by atoms with van der Waals surface area (Å²) in [5.41, 5.74) is 0.801. The van der Waals surface area contributed by atoms with E-state index in [2.05, 4.69) is 13.8 Å². The molecule has 0 aromatic heterocycles. The van der Waals surface area contributed by atoms with Gasteiger partial charge in [-0.05, 0) is 36.0 Å². The van der Waals surface area contributed by atoms with Crippen LogP contribution in [0.25, 0.3) is 0 Å². The highest BCUT2D eigenvalue weighted by Gasteiger charge is 2.36. The number of hydrogen-bond acceptors (Lipinski definition) is 2. The van der Waals surface area contributed by atoms with Gasteiger partial charge in [0.25, 0.3) is 0 Å². The highest BCUT2D eigenvalue weighted by atomic mass is 19.1. The van der Waals surface area contributed by atoms with Crippen LogP contribution in [0.3, 0.4) is 0 Å². The molecule has 0 N–H and O–H groups in total. The first-order valence-corrected chi connectivity index (χ1v) is 7.29. The van der Waals surface area contributed by atoms with Crippen molar-refractivity contribution >= 4 is 5.78 Å². The molecule has 0 heterocycles. The molecule has 0 saturated heterocycles. The summed E-state index contributed by atoms with van der Waals surface area (Å²) in [6.45, 7) is 4.34. The third kappa shape index (κ3) is 3.20. The average molecular weight is 278 g/mol. The summed E-state index contributed by atoms with van der Waals surface area (Å²) in [7, 11) is 1.44. The lowest BCUT2D eigenvalue weighted by Gasteiger charge is -2.37. The van der Waals surface area contributed by atoms with Gasteiger partial charge < -0.3 is 4.74 Å². The number of Topliss-reactive ketones (excluding diaryl/α,β-unsaturated/α-hetero) is 1. The van der Waals surface area contributed by atoms with Crippen molar-refractivity contribution in [3.05, 3.63) is 29.6 Å². The van der Waals surface area contributed by atoms with Gasteiger partial charge in [-0.25, -0.2) is 4.39 Å². The van der Waals surface area contributed by atoms with E-state index in [9.17, 15) is 9.18 Å². The molecule has 1 saturated carbocycles. The first kappa shape index (κ1) is 15.0. The molecule has 1 aliphatic carbocycles. The maximum atomic E-state index is 13.7. The molecule has 1 aliphatic rings. The van der Waals surface area contributed by atoms with Gasteiger partial charge in [0.05, 0.1) is 7.11 Å². The fourth-order valence-corrected chi connectivity index (χ4v) is 3.24. The number of ether oxygens (including phenoxy) is 1. The summed E-state index contributed by atoms with van der Waals surface area (Å²) >= 11 is 0. The maximum absolute atomic E-state index is 13.7. The predicted molar refractivity (Wildman–Crippen MR) is 77.4 cm³/mol. The van der Waals surface area contributed by atoms with E-state index in [4.69, 9.17) is 4.74 Å². The number of rotatable bonds is 4. The Morgan fingerprint density at radius 2 is 2.15 bits per heavy atom. The van der Waals surface area contributed by atoms with Crippen LogP contribution in [-0.4, -0.2) is 12.9 Å². The van der Waals surface area contributed by atoms with Crippen molar-refractivity contribution in [1.82, 2.24) is 0 Å². The summed E-state index contributed by atoms with van der Waals surface area (Å²) in [6.07, 6.45) is 4.70. The summed E-state index contributed by atoms with van der Waals surface area (Å²) in [4.78, 5) is 12.5. The molecule has 1 aromatic carbocycles. The Kier molecular flexibility index (Phi) is 4.46. The average Bonchev–Trinajstić information content (AvgIpc) is 2.38. The van der Waals surface area contributed by atoms with Gasteiger partial charge in [-0.15, -0.1) is 0 Å². The van der Waals surface area contributed by atoms with Crippen LogP contribution in [0.1, 0.15) is 45.1 Å². The lowest BCUT2D eigenvalue weighted by Crippen LogP contribution is -2.34. The highest BCUT2D eigenvalue weighted by molar-refractivity contribution is 5.84. The summed E-state index contributed by atoms with van der Waals surface area (Å²) in [5.74, 6) is 0.153. The first-order valence-electron chi connectivity index (χ1n) is 7.29. The van der Waals surface area contributed by atoms with Crippen LogP contribution in [0.2, 0.25) is 0 Å². The second-order valence-electron chi connectivity index (χ2n) is 6.40. The Morgan fingerprint density at radius 3 is 2.75 bits per heavy atom. The summed E-state index contributed by atoms with van der Waals surface area (Å²) in [5, 5.41) is 0. The molecule has 0 amide bonds. The fourth-order valence-electron chi connectivity index (χ4n) is 3.24.